The highest BCUT2D eigenvalue weighted by Gasteiger charge is 2.18. The van der Waals surface area contributed by atoms with Crippen LogP contribution in [-0.2, 0) is 6.42 Å². The normalized spacial score (nSPS) is 20.1. The quantitative estimate of drug-likeness (QED) is 0.817. The first kappa shape index (κ1) is 12.6. The molecule has 0 amide bonds. The van der Waals surface area contributed by atoms with Crippen LogP contribution >= 0.6 is 0 Å². The molecule has 0 bridgehead atoms. The fourth-order valence-corrected chi connectivity index (χ4v) is 2.49. The van der Waals surface area contributed by atoms with E-state index >= 15 is 0 Å². The molecule has 17 heavy (non-hydrogen) atoms. The lowest BCUT2D eigenvalue weighted by molar-refractivity contribution is 0.366. The van der Waals surface area contributed by atoms with E-state index in [2.05, 4.69) is 10.2 Å². The van der Waals surface area contributed by atoms with Gasteiger partial charge in [-0.05, 0) is 25.2 Å². The Labute approximate surface area is 103 Å². The molecule has 1 aromatic rings. The lowest BCUT2D eigenvalue weighted by atomic mass is 9.97. The van der Waals surface area contributed by atoms with E-state index in [-0.39, 0.29) is 6.04 Å². The van der Waals surface area contributed by atoms with Crippen LogP contribution in [0.15, 0.2) is 4.42 Å². The van der Waals surface area contributed by atoms with Gasteiger partial charge in [-0.25, -0.2) is 0 Å². The van der Waals surface area contributed by atoms with E-state index in [4.69, 9.17) is 10.2 Å². The fraction of sp³-hybridized carbons (Fsp3) is 0.846. The molecule has 2 N–H and O–H groups in total. The maximum absolute atomic E-state index is 5.87. The van der Waals surface area contributed by atoms with Gasteiger partial charge < -0.3 is 10.2 Å². The van der Waals surface area contributed by atoms with Crippen LogP contribution in [0.5, 0.6) is 0 Å². The predicted octanol–water partition coefficient (Wildman–Crippen LogP) is 2.99. The van der Waals surface area contributed by atoms with Gasteiger partial charge in [-0.2, -0.15) is 0 Å². The fourth-order valence-electron chi connectivity index (χ4n) is 2.49. The molecule has 1 heterocycles. The monoisotopic (exact) mass is 237 g/mol. The van der Waals surface area contributed by atoms with Crippen molar-refractivity contribution in [3.63, 3.8) is 0 Å². The molecule has 0 radical (unpaired) electrons. The summed E-state index contributed by atoms with van der Waals surface area (Å²) >= 11 is 0. The summed E-state index contributed by atoms with van der Waals surface area (Å²) in [4.78, 5) is 0. The number of rotatable bonds is 4. The Morgan fingerprint density at radius 3 is 2.59 bits per heavy atom. The van der Waals surface area contributed by atoms with E-state index < -0.39 is 0 Å². The zero-order valence-electron chi connectivity index (χ0n) is 10.7. The molecule has 1 atom stereocenters. The Hall–Kier alpha value is -0.900. The molecule has 0 aliphatic heterocycles. The van der Waals surface area contributed by atoms with Crippen LogP contribution < -0.4 is 5.73 Å². The van der Waals surface area contributed by atoms with Crippen LogP contribution in [-0.4, -0.2) is 10.2 Å². The molecule has 1 aliphatic rings. The summed E-state index contributed by atoms with van der Waals surface area (Å²) < 4.78 is 5.63. The second-order valence-electron chi connectivity index (χ2n) is 5.11. The Morgan fingerprint density at radius 2 is 1.94 bits per heavy atom. The molecule has 4 heteroatoms. The van der Waals surface area contributed by atoms with E-state index in [1.165, 1.54) is 38.5 Å². The minimum Gasteiger partial charge on any atom is -0.424 e. The van der Waals surface area contributed by atoms with Crippen LogP contribution in [0.1, 0.15) is 69.7 Å². The van der Waals surface area contributed by atoms with Gasteiger partial charge in [-0.15, -0.1) is 10.2 Å². The van der Waals surface area contributed by atoms with Crippen LogP contribution in [0.4, 0.5) is 0 Å². The van der Waals surface area contributed by atoms with Crippen molar-refractivity contribution >= 4 is 0 Å². The van der Waals surface area contributed by atoms with Crippen LogP contribution in [0.2, 0.25) is 0 Å². The van der Waals surface area contributed by atoms with E-state index in [1.807, 2.05) is 6.92 Å². The Kier molecular flexibility index (Phi) is 4.54. The molecule has 1 fully saturated rings. The maximum atomic E-state index is 5.87. The molecule has 1 saturated carbocycles. The highest BCUT2D eigenvalue weighted by atomic mass is 16.4. The number of hydrogen-bond acceptors (Lipinski definition) is 4. The first-order valence-corrected chi connectivity index (χ1v) is 6.87. The van der Waals surface area contributed by atoms with Crippen LogP contribution in [0.3, 0.4) is 0 Å². The molecule has 0 saturated heterocycles. The van der Waals surface area contributed by atoms with Crippen molar-refractivity contribution in [2.24, 2.45) is 11.7 Å². The summed E-state index contributed by atoms with van der Waals surface area (Å²) in [5.41, 5.74) is 5.87. The van der Waals surface area contributed by atoms with Crippen molar-refractivity contribution in [1.29, 1.82) is 0 Å². The summed E-state index contributed by atoms with van der Waals surface area (Å²) in [6, 6.07) is -0.106. The number of aromatic nitrogens is 2. The van der Waals surface area contributed by atoms with Gasteiger partial charge in [-0.3, -0.25) is 0 Å². The van der Waals surface area contributed by atoms with E-state index in [0.717, 1.165) is 24.7 Å². The lowest BCUT2D eigenvalue weighted by Crippen LogP contribution is -2.08. The Bertz CT molecular complexity index is 329. The van der Waals surface area contributed by atoms with E-state index in [0.29, 0.717) is 5.89 Å². The smallest absolute Gasteiger partial charge is 0.233 e. The predicted molar refractivity (Wildman–Crippen MR) is 66.4 cm³/mol. The van der Waals surface area contributed by atoms with Gasteiger partial charge in [0.15, 0.2) is 0 Å². The van der Waals surface area contributed by atoms with Crippen molar-refractivity contribution in [1.82, 2.24) is 10.2 Å². The van der Waals surface area contributed by atoms with Crippen LogP contribution in [0, 0.1) is 5.92 Å². The topological polar surface area (TPSA) is 64.9 Å². The van der Waals surface area contributed by atoms with Crippen molar-refractivity contribution in [2.75, 3.05) is 0 Å². The SMILES string of the molecule is CCC(N)c1nnc(CC2CCCCCC2)o1. The second kappa shape index (κ2) is 6.15. The number of nitrogens with zero attached hydrogens (tertiary/aromatic N) is 2. The molecule has 0 aromatic carbocycles. The molecule has 1 aromatic heterocycles. The highest BCUT2D eigenvalue weighted by molar-refractivity contribution is 4.89. The van der Waals surface area contributed by atoms with Crippen LogP contribution in [0.25, 0.3) is 0 Å². The first-order valence-electron chi connectivity index (χ1n) is 6.87. The number of hydrogen-bond donors (Lipinski definition) is 1. The van der Waals surface area contributed by atoms with Crippen molar-refractivity contribution in [2.45, 2.75) is 64.3 Å². The molecule has 2 rings (SSSR count). The molecule has 1 aliphatic carbocycles. The van der Waals surface area contributed by atoms with Gasteiger partial charge >= 0.3 is 0 Å². The third kappa shape index (κ3) is 3.53. The molecular formula is C13H23N3O. The summed E-state index contributed by atoms with van der Waals surface area (Å²) in [6.07, 6.45) is 9.84. The largest absolute Gasteiger partial charge is 0.424 e. The van der Waals surface area contributed by atoms with Gasteiger partial charge in [-0.1, -0.05) is 32.6 Å². The molecule has 1 unspecified atom stereocenters. The van der Waals surface area contributed by atoms with Crippen molar-refractivity contribution in [3.05, 3.63) is 11.8 Å². The third-order valence-electron chi connectivity index (χ3n) is 3.68. The standard InChI is InChI=1S/C13H23N3O/c1-2-11(14)13-16-15-12(17-13)9-10-7-5-3-4-6-8-10/h10-11H,2-9,14H2,1H3. The zero-order chi connectivity index (χ0) is 12.1. The third-order valence-corrected chi connectivity index (χ3v) is 3.68. The molecular weight excluding hydrogens is 214 g/mol. The van der Waals surface area contributed by atoms with Gasteiger partial charge in [0.2, 0.25) is 11.8 Å². The van der Waals surface area contributed by atoms with Crippen molar-refractivity contribution in [3.8, 4) is 0 Å². The lowest BCUT2D eigenvalue weighted by Gasteiger charge is -2.10. The Morgan fingerprint density at radius 1 is 1.24 bits per heavy atom. The average Bonchev–Trinajstić information content (AvgIpc) is 2.65. The van der Waals surface area contributed by atoms with E-state index in [1.54, 1.807) is 0 Å². The van der Waals surface area contributed by atoms with Gasteiger partial charge in [0.1, 0.15) is 0 Å². The number of nitrogens with two attached hydrogens (primary N) is 1. The highest BCUT2D eigenvalue weighted by Crippen LogP contribution is 2.26. The molecule has 0 spiro atoms. The summed E-state index contributed by atoms with van der Waals surface area (Å²) in [7, 11) is 0. The van der Waals surface area contributed by atoms with Crippen molar-refractivity contribution < 1.29 is 4.42 Å². The zero-order valence-corrected chi connectivity index (χ0v) is 10.7. The van der Waals surface area contributed by atoms with E-state index in [9.17, 15) is 0 Å². The first-order chi connectivity index (χ1) is 8.29. The van der Waals surface area contributed by atoms with Gasteiger partial charge in [0, 0.05) is 6.42 Å². The van der Waals surface area contributed by atoms with Gasteiger partial charge in [0.25, 0.3) is 0 Å². The Balaban J connectivity index is 1.91. The summed E-state index contributed by atoms with van der Waals surface area (Å²) in [5, 5.41) is 8.15. The maximum Gasteiger partial charge on any atom is 0.233 e. The molecule has 4 nitrogen and oxygen atoms in total. The minimum absolute atomic E-state index is 0.106. The average molecular weight is 237 g/mol. The second-order valence-corrected chi connectivity index (χ2v) is 5.11. The molecule has 96 valence electrons. The van der Waals surface area contributed by atoms with Gasteiger partial charge in [0.05, 0.1) is 6.04 Å². The minimum atomic E-state index is -0.106. The summed E-state index contributed by atoms with van der Waals surface area (Å²) in [5.74, 6) is 2.09. The summed E-state index contributed by atoms with van der Waals surface area (Å²) in [6.45, 7) is 2.03.